The third kappa shape index (κ3) is 3.38. The minimum absolute atomic E-state index is 0.0710. The highest BCUT2D eigenvalue weighted by atomic mass is 16.5. The molecule has 0 bridgehead atoms. The number of carbonyl (C=O) groups is 1. The lowest BCUT2D eigenvalue weighted by Crippen LogP contribution is -2.41. The number of nitrogens with one attached hydrogen (secondary N) is 1. The average molecular weight is 423 g/mol. The fourth-order valence-corrected chi connectivity index (χ4v) is 3.55. The molecule has 0 aliphatic rings. The Labute approximate surface area is 182 Å². The van der Waals surface area contributed by atoms with E-state index >= 15 is 0 Å². The van der Waals surface area contributed by atoms with Gasteiger partial charge in [0.25, 0.3) is 5.91 Å². The number of fused-ring (bicyclic) bond motifs is 1. The second kappa shape index (κ2) is 8.01. The Morgan fingerprint density at radius 1 is 0.938 bits per heavy atom. The molecule has 0 saturated carbocycles. The standard InChI is InChI=1S/C24H17N5O3/c30-23(24(31,21-13-14-32-29-21)16-7-2-1-3-8-16)27-22-12-6-11-19(26-22)18-15-25-28-20-10-5-4-9-17(18)20/h1-15,31H,(H,26,27,30)/t24-/m0/s1. The molecule has 8 nitrogen and oxygen atoms in total. The topological polar surface area (TPSA) is 114 Å². The molecule has 2 aromatic carbocycles. The molecule has 156 valence electrons. The molecule has 3 heterocycles. The van der Waals surface area contributed by atoms with Crippen molar-refractivity contribution in [2.24, 2.45) is 0 Å². The van der Waals surface area contributed by atoms with Crippen LogP contribution < -0.4 is 5.32 Å². The van der Waals surface area contributed by atoms with Crippen LogP contribution >= 0.6 is 0 Å². The zero-order valence-electron chi connectivity index (χ0n) is 16.7. The molecule has 0 unspecified atom stereocenters. The van der Waals surface area contributed by atoms with E-state index in [2.05, 4.69) is 25.7 Å². The van der Waals surface area contributed by atoms with Crippen molar-refractivity contribution in [2.45, 2.75) is 5.60 Å². The summed E-state index contributed by atoms with van der Waals surface area (Å²) in [7, 11) is 0. The van der Waals surface area contributed by atoms with Crippen molar-refractivity contribution >= 4 is 22.6 Å². The summed E-state index contributed by atoms with van der Waals surface area (Å²) in [5.41, 5.74) is 0.496. The van der Waals surface area contributed by atoms with Gasteiger partial charge in [-0.1, -0.05) is 59.8 Å². The van der Waals surface area contributed by atoms with Crippen molar-refractivity contribution in [2.75, 3.05) is 5.32 Å². The Hall–Kier alpha value is -4.43. The maximum atomic E-state index is 13.3. The van der Waals surface area contributed by atoms with Gasteiger partial charge in [-0.15, -0.1) is 0 Å². The molecule has 5 rings (SSSR count). The molecule has 2 N–H and O–H groups in total. The van der Waals surface area contributed by atoms with E-state index in [4.69, 9.17) is 4.52 Å². The predicted octanol–water partition coefficient (Wildman–Crippen LogP) is 3.55. The van der Waals surface area contributed by atoms with Crippen LogP contribution in [-0.4, -0.2) is 31.4 Å². The molecule has 3 aromatic heterocycles. The van der Waals surface area contributed by atoms with Gasteiger partial charge in [0.15, 0.2) is 0 Å². The maximum absolute atomic E-state index is 13.3. The summed E-state index contributed by atoms with van der Waals surface area (Å²) in [4.78, 5) is 17.9. The van der Waals surface area contributed by atoms with Crippen LogP contribution in [0.3, 0.4) is 0 Å². The minimum atomic E-state index is -2.06. The van der Waals surface area contributed by atoms with Gasteiger partial charge >= 0.3 is 0 Å². The quantitative estimate of drug-likeness (QED) is 0.444. The smallest absolute Gasteiger partial charge is 0.268 e. The highest BCUT2D eigenvalue weighted by Crippen LogP contribution is 2.31. The van der Waals surface area contributed by atoms with Gasteiger partial charge < -0.3 is 14.9 Å². The first kappa shape index (κ1) is 19.5. The Balaban J connectivity index is 1.52. The highest BCUT2D eigenvalue weighted by Gasteiger charge is 2.42. The zero-order chi connectivity index (χ0) is 22.0. The number of carbonyl (C=O) groups excluding carboxylic acids is 1. The van der Waals surface area contributed by atoms with Crippen LogP contribution in [0, 0.1) is 0 Å². The minimum Gasteiger partial charge on any atom is -0.370 e. The fraction of sp³-hybridized carbons (Fsp3) is 0.0417. The van der Waals surface area contributed by atoms with Crippen molar-refractivity contribution in [1.82, 2.24) is 20.3 Å². The van der Waals surface area contributed by atoms with E-state index < -0.39 is 11.5 Å². The molecule has 8 heteroatoms. The summed E-state index contributed by atoms with van der Waals surface area (Å²) in [5, 5.41) is 27.0. The molecular weight excluding hydrogens is 406 g/mol. The van der Waals surface area contributed by atoms with Crippen LogP contribution in [-0.2, 0) is 10.4 Å². The lowest BCUT2D eigenvalue weighted by Gasteiger charge is -2.25. The number of rotatable bonds is 5. The van der Waals surface area contributed by atoms with Crippen molar-refractivity contribution < 1.29 is 14.4 Å². The molecule has 1 atom stereocenters. The molecule has 32 heavy (non-hydrogen) atoms. The molecule has 0 saturated heterocycles. The first-order chi connectivity index (χ1) is 15.7. The summed E-state index contributed by atoms with van der Waals surface area (Å²) >= 11 is 0. The highest BCUT2D eigenvalue weighted by molar-refractivity contribution is 6.00. The zero-order valence-corrected chi connectivity index (χ0v) is 16.7. The molecule has 0 aliphatic carbocycles. The summed E-state index contributed by atoms with van der Waals surface area (Å²) in [6.45, 7) is 0. The van der Waals surface area contributed by atoms with E-state index in [1.165, 1.54) is 12.3 Å². The van der Waals surface area contributed by atoms with Crippen LogP contribution in [0.2, 0.25) is 0 Å². The van der Waals surface area contributed by atoms with E-state index in [-0.39, 0.29) is 11.5 Å². The van der Waals surface area contributed by atoms with E-state index in [0.717, 1.165) is 16.5 Å². The number of pyridine rings is 1. The molecule has 0 radical (unpaired) electrons. The van der Waals surface area contributed by atoms with Gasteiger partial charge in [0, 0.05) is 17.0 Å². The van der Waals surface area contributed by atoms with Gasteiger partial charge in [-0.25, -0.2) is 4.98 Å². The van der Waals surface area contributed by atoms with Gasteiger partial charge in [-0.3, -0.25) is 4.79 Å². The number of hydrogen-bond acceptors (Lipinski definition) is 7. The lowest BCUT2D eigenvalue weighted by molar-refractivity contribution is -0.131. The Bertz CT molecular complexity index is 1380. The van der Waals surface area contributed by atoms with Crippen LogP contribution in [0.5, 0.6) is 0 Å². The van der Waals surface area contributed by atoms with Gasteiger partial charge in [0.2, 0.25) is 5.60 Å². The molecule has 0 spiro atoms. The van der Waals surface area contributed by atoms with Gasteiger partial charge in [-0.2, -0.15) is 10.2 Å². The molecule has 0 fully saturated rings. The number of nitrogens with zero attached hydrogens (tertiary/aromatic N) is 4. The van der Waals surface area contributed by atoms with Gasteiger partial charge in [0.1, 0.15) is 17.8 Å². The van der Waals surface area contributed by atoms with E-state index in [9.17, 15) is 9.90 Å². The summed E-state index contributed by atoms with van der Waals surface area (Å²) in [6, 6.07) is 22.8. The number of anilines is 1. The maximum Gasteiger partial charge on any atom is 0.268 e. The largest absolute Gasteiger partial charge is 0.370 e. The molecular formula is C24H17N5O3. The van der Waals surface area contributed by atoms with Crippen molar-refractivity contribution in [3.8, 4) is 11.3 Å². The number of aliphatic hydroxyl groups is 1. The first-order valence-corrected chi connectivity index (χ1v) is 9.84. The second-order valence-electron chi connectivity index (χ2n) is 7.10. The van der Waals surface area contributed by atoms with Crippen molar-refractivity contribution in [3.05, 3.63) is 103 Å². The number of benzene rings is 2. The first-order valence-electron chi connectivity index (χ1n) is 9.84. The van der Waals surface area contributed by atoms with Gasteiger partial charge in [-0.05, 0) is 23.8 Å². The van der Waals surface area contributed by atoms with Gasteiger partial charge in [0.05, 0.1) is 17.4 Å². The van der Waals surface area contributed by atoms with E-state index in [1.807, 2.05) is 30.3 Å². The number of hydrogen-bond donors (Lipinski definition) is 2. The summed E-state index contributed by atoms with van der Waals surface area (Å²) in [6.07, 6.45) is 2.93. The molecule has 1 amide bonds. The van der Waals surface area contributed by atoms with Crippen LogP contribution in [0.15, 0.2) is 95.8 Å². The third-order valence-electron chi connectivity index (χ3n) is 5.14. The normalized spacial score (nSPS) is 12.9. The average Bonchev–Trinajstić information content (AvgIpc) is 3.39. The lowest BCUT2D eigenvalue weighted by atomic mass is 9.89. The van der Waals surface area contributed by atoms with E-state index in [0.29, 0.717) is 11.3 Å². The second-order valence-corrected chi connectivity index (χ2v) is 7.10. The van der Waals surface area contributed by atoms with Crippen LogP contribution in [0.4, 0.5) is 5.82 Å². The van der Waals surface area contributed by atoms with Crippen molar-refractivity contribution in [3.63, 3.8) is 0 Å². The Morgan fingerprint density at radius 3 is 2.56 bits per heavy atom. The van der Waals surface area contributed by atoms with E-state index in [1.54, 1.807) is 48.7 Å². The summed E-state index contributed by atoms with van der Waals surface area (Å²) < 4.78 is 4.88. The Kier molecular flexibility index (Phi) is 4.89. The predicted molar refractivity (Wildman–Crippen MR) is 117 cm³/mol. The third-order valence-corrected chi connectivity index (χ3v) is 5.14. The Morgan fingerprint density at radius 2 is 1.75 bits per heavy atom. The monoisotopic (exact) mass is 423 g/mol. The van der Waals surface area contributed by atoms with Crippen LogP contribution in [0.1, 0.15) is 11.3 Å². The number of aromatic nitrogens is 4. The summed E-state index contributed by atoms with van der Waals surface area (Å²) in [5.74, 6) is -0.439. The van der Waals surface area contributed by atoms with Crippen LogP contribution in [0.25, 0.3) is 22.2 Å². The van der Waals surface area contributed by atoms with Crippen molar-refractivity contribution in [1.29, 1.82) is 0 Å². The molecule has 5 aromatic rings. The molecule has 0 aliphatic heterocycles. The fourth-order valence-electron chi connectivity index (χ4n) is 3.55. The SMILES string of the molecule is O=C(Nc1cccc(-c2cnnc3ccccc23)n1)[C@](O)(c1ccccc1)c1ccon1. The number of amides is 1.